The molecule has 3 nitrogen and oxygen atoms in total. The SMILES string of the molecule is Cc1cc(Cl)cc([C@@H](N)[C@@H](O)C(C)(C)C)c1O. The Bertz CT molecular complexity index is 413. The lowest BCUT2D eigenvalue weighted by Crippen LogP contribution is -2.37. The molecule has 0 saturated carbocycles. The summed E-state index contributed by atoms with van der Waals surface area (Å²) >= 11 is 5.94. The van der Waals surface area contributed by atoms with Crippen LogP contribution in [0, 0.1) is 12.3 Å². The predicted molar refractivity (Wildman–Crippen MR) is 70.2 cm³/mol. The Morgan fingerprint density at radius 2 is 1.82 bits per heavy atom. The van der Waals surface area contributed by atoms with Crippen molar-refractivity contribution in [1.82, 2.24) is 0 Å². The van der Waals surface area contributed by atoms with Gasteiger partial charge in [0.25, 0.3) is 0 Å². The number of aliphatic hydroxyl groups is 1. The summed E-state index contributed by atoms with van der Waals surface area (Å²) in [5.41, 5.74) is 6.78. The summed E-state index contributed by atoms with van der Waals surface area (Å²) in [7, 11) is 0. The second-order valence-electron chi connectivity index (χ2n) is 5.50. The Labute approximate surface area is 107 Å². The van der Waals surface area contributed by atoms with E-state index in [1.807, 2.05) is 20.8 Å². The lowest BCUT2D eigenvalue weighted by Gasteiger charge is -2.31. The van der Waals surface area contributed by atoms with Gasteiger partial charge in [-0.15, -0.1) is 0 Å². The molecule has 0 heterocycles. The molecule has 1 aromatic rings. The van der Waals surface area contributed by atoms with Crippen molar-refractivity contribution < 1.29 is 10.2 Å². The number of phenolic OH excluding ortho intramolecular Hbond substituents is 1. The van der Waals surface area contributed by atoms with Crippen LogP contribution in [0.1, 0.15) is 37.9 Å². The second-order valence-corrected chi connectivity index (χ2v) is 5.93. The first-order valence-electron chi connectivity index (χ1n) is 5.57. The summed E-state index contributed by atoms with van der Waals surface area (Å²) in [5, 5.41) is 20.6. The van der Waals surface area contributed by atoms with Crippen molar-refractivity contribution in [1.29, 1.82) is 0 Å². The Kier molecular flexibility index (Phi) is 4.07. The molecule has 1 rings (SSSR count). The summed E-state index contributed by atoms with van der Waals surface area (Å²) in [6.07, 6.45) is -0.758. The average molecular weight is 258 g/mol. The van der Waals surface area contributed by atoms with E-state index in [2.05, 4.69) is 0 Å². The Hall–Kier alpha value is -0.770. The molecule has 4 heteroatoms. The number of halogens is 1. The highest BCUT2D eigenvalue weighted by Crippen LogP contribution is 2.35. The van der Waals surface area contributed by atoms with Crippen LogP contribution in [0.4, 0.5) is 0 Å². The zero-order valence-electron chi connectivity index (χ0n) is 10.7. The molecule has 0 bridgehead atoms. The molecule has 0 saturated heterocycles. The number of aryl methyl sites for hydroxylation is 1. The van der Waals surface area contributed by atoms with E-state index in [9.17, 15) is 10.2 Å². The number of hydrogen-bond acceptors (Lipinski definition) is 3. The summed E-state index contributed by atoms with van der Waals surface area (Å²) in [5.74, 6) is 0.102. The number of benzene rings is 1. The quantitative estimate of drug-likeness (QED) is 0.763. The number of phenols is 1. The first-order chi connectivity index (χ1) is 7.64. The maximum atomic E-state index is 10.1. The minimum atomic E-state index is -0.758. The molecule has 0 amide bonds. The van der Waals surface area contributed by atoms with Crippen molar-refractivity contribution in [2.24, 2.45) is 11.1 Å². The van der Waals surface area contributed by atoms with Gasteiger partial charge in [-0.05, 0) is 30.0 Å². The lowest BCUT2D eigenvalue weighted by molar-refractivity contribution is 0.0394. The number of hydrogen-bond donors (Lipinski definition) is 3. The van der Waals surface area contributed by atoms with Crippen molar-refractivity contribution in [3.8, 4) is 5.75 Å². The first kappa shape index (κ1) is 14.3. The van der Waals surface area contributed by atoms with Crippen LogP contribution in [0.25, 0.3) is 0 Å². The zero-order valence-corrected chi connectivity index (χ0v) is 11.4. The highest BCUT2D eigenvalue weighted by atomic mass is 35.5. The van der Waals surface area contributed by atoms with E-state index >= 15 is 0 Å². The molecule has 0 radical (unpaired) electrons. The van der Waals surface area contributed by atoms with Gasteiger partial charge in [0.1, 0.15) is 5.75 Å². The molecule has 0 aliphatic rings. The molecule has 17 heavy (non-hydrogen) atoms. The smallest absolute Gasteiger partial charge is 0.123 e. The van der Waals surface area contributed by atoms with Crippen LogP contribution in [-0.4, -0.2) is 16.3 Å². The van der Waals surface area contributed by atoms with Crippen LogP contribution in [0.2, 0.25) is 5.02 Å². The molecule has 96 valence electrons. The van der Waals surface area contributed by atoms with Crippen LogP contribution in [0.3, 0.4) is 0 Å². The van der Waals surface area contributed by atoms with E-state index in [0.717, 1.165) is 0 Å². The lowest BCUT2D eigenvalue weighted by atomic mass is 9.82. The van der Waals surface area contributed by atoms with Gasteiger partial charge < -0.3 is 15.9 Å². The molecule has 0 aromatic heterocycles. The van der Waals surface area contributed by atoms with Gasteiger partial charge in [0.05, 0.1) is 12.1 Å². The predicted octanol–water partition coefficient (Wildman–Crippen LogP) is 2.76. The Morgan fingerprint density at radius 1 is 1.29 bits per heavy atom. The molecule has 0 unspecified atom stereocenters. The molecule has 4 N–H and O–H groups in total. The van der Waals surface area contributed by atoms with Gasteiger partial charge in [0, 0.05) is 10.6 Å². The van der Waals surface area contributed by atoms with Crippen LogP contribution >= 0.6 is 11.6 Å². The van der Waals surface area contributed by atoms with Gasteiger partial charge >= 0.3 is 0 Å². The van der Waals surface area contributed by atoms with Gasteiger partial charge in [-0.1, -0.05) is 32.4 Å². The van der Waals surface area contributed by atoms with Gasteiger partial charge in [-0.3, -0.25) is 0 Å². The number of nitrogens with two attached hydrogens (primary N) is 1. The average Bonchev–Trinajstić information content (AvgIpc) is 2.20. The van der Waals surface area contributed by atoms with Gasteiger partial charge in [0.15, 0.2) is 0 Å². The van der Waals surface area contributed by atoms with E-state index in [4.69, 9.17) is 17.3 Å². The van der Waals surface area contributed by atoms with Crippen molar-refractivity contribution in [2.75, 3.05) is 0 Å². The van der Waals surface area contributed by atoms with E-state index in [1.165, 1.54) is 0 Å². The third kappa shape index (κ3) is 3.12. The summed E-state index contributed by atoms with van der Waals surface area (Å²) in [4.78, 5) is 0. The van der Waals surface area contributed by atoms with Crippen LogP contribution in [0.5, 0.6) is 5.75 Å². The molecule has 0 fully saturated rings. The monoisotopic (exact) mass is 257 g/mol. The van der Waals surface area contributed by atoms with E-state index in [0.29, 0.717) is 16.1 Å². The minimum absolute atomic E-state index is 0.102. The Morgan fingerprint density at radius 3 is 2.29 bits per heavy atom. The van der Waals surface area contributed by atoms with Crippen molar-refractivity contribution >= 4 is 11.6 Å². The summed E-state index contributed by atoms with van der Waals surface area (Å²) < 4.78 is 0. The van der Waals surface area contributed by atoms with E-state index in [-0.39, 0.29) is 11.2 Å². The first-order valence-corrected chi connectivity index (χ1v) is 5.95. The van der Waals surface area contributed by atoms with E-state index in [1.54, 1.807) is 19.1 Å². The fourth-order valence-electron chi connectivity index (χ4n) is 1.72. The largest absolute Gasteiger partial charge is 0.507 e. The van der Waals surface area contributed by atoms with Gasteiger partial charge in [0.2, 0.25) is 0 Å². The second kappa shape index (κ2) is 4.84. The highest BCUT2D eigenvalue weighted by molar-refractivity contribution is 6.30. The number of aliphatic hydroxyl groups excluding tert-OH is 1. The maximum absolute atomic E-state index is 10.1. The molecule has 1 aromatic carbocycles. The molecule has 0 spiro atoms. The summed E-state index contributed by atoms with van der Waals surface area (Å²) in [6.45, 7) is 7.44. The third-order valence-corrected chi connectivity index (χ3v) is 3.10. The molecular weight excluding hydrogens is 238 g/mol. The molecular formula is C13H20ClNO2. The fourth-order valence-corrected chi connectivity index (χ4v) is 2.01. The van der Waals surface area contributed by atoms with Crippen molar-refractivity contribution in [3.63, 3.8) is 0 Å². The minimum Gasteiger partial charge on any atom is -0.507 e. The molecule has 0 aliphatic carbocycles. The van der Waals surface area contributed by atoms with Crippen LogP contribution < -0.4 is 5.73 Å². The number of rotatable bonds is 2. The van der Waals surface area contributed by atoms with Crippen molar-refractivity contribution in [3.05, 3.63) is 28.3 Å². The third-order valence-electron chi connectivity index (χ3n) is 2.88. The normalized spacial score (nSPS) is 15.7. The Balaban J connectivity index is 3.17. The topological polar surface area (TPSA) is 66.5 Å². The standard InChI is InChI=1S/C13H20ClNO2/c1-7-5-8(14)6-9(11(7)16)10(15)12(17)13(2,3)4/h5-6,10,12,16-17H,15H2,1-4H3/t10-,12-/m1/s1. The highest BCUT2D eigenvalue weighted by Gasteiger charge is 2.30. The van der Waals surface area contributed by atoms with E-state index < -0.39 is 12.1 Å². The molecule has 0 aliphatic heterocycles. The number of aromatic hydroxyl groups is 1. The van der Waals surface area contributed by atoms with Crippen LogP contribution in [0.15, 0.2) is 12.1 Å². The fraction of sp³-hybridized carbons (Fsp3) is 0.538. The van der Waals surface area contributed by atoms with Crippen molar-refractivity contribution in [2.45, 2.75) is 39.8 Å². The summed E-state index contributed by atoms with van der Waals surface area (Å²) in [6, 6.07) is 2.60. The van der Waals surface area contributed by atoms with Gasteiger partial charge in [-0.2, -0.15) is 0 Å². The maximum Gasteiger partial charge on any atom is 0.123 e. The van der Waals surface area contributed by atoms with Gasteiger partial charge in [-0.25, -0.2) is 0 Å². The molecule has 2 atom stereocenters. The zero-order chi connectivity index (χ0) is 13.4. The van der Waals surface area contributed by atoms with Crippen LogP contribution in [-0.2, 0) is 0 Å².